The van der Waals surface area contributed by atoms with Crippen molar-refractivity contribution in [1.82, 2.24) is 15.1 Å². The van der Waals surface area contributed by atoms with Crippen LogP contribution in [0.25, 0.3) is 10.8 Å². The molecule has 0 spiro atoms. The van der Waals surface area contributed by atoms with Crippen LogP contribution in [0.15, 0.2) is 42.5 Å². The van der Waals surface area contributed by atoms with E-state index in [1.165, 1.54) is 4.90 Å². The van der Waals surface area contributed by atoms with Crippen molar-refractivity contribution in [2.75, 3.05) is 26.2 Å². The number of imide groups is 1. The summed E-state index contributed by atoms with van der Waals surface area (Å²) in [5, 5.41) is 4.90. The summed E-state index contributed by atoms with van der Waals surface area (Å²) in [7, 11) is 0. The van der Waals surface area contributed by atoms with Gasteiger partial charge in [0.15, 0.2) is 0 Å². The van der Waals surface area contributed by atoms with Gasteiger partial charge in [-0.15, -0.1) is 0 Å². The molecule has 4 amide bonds. The number of nitrogens with one attached hydrogen (secondary N) is 1. The molecule has 0 atom stereocenters. The number of likely N-dealkylation sites (tertiary alicyclic amines) is 2. The first-order valence-electron chi connectivity index (χ1n) is 10.9. The van der Waals surface area contributed by atoms with E-state index >= 15 is 0 Å². The minimum absolute atomic E-state index is 0.00982. The molecule has 31 heavy (non-hydrogen) atoms. The van der Waals surface area contributed by atoms with Gasteiger partial charge in [-0.3, -0.25) is 24.1 Å². The average Bonchev–Trinajstić information content (AvgIpc) is 3.13. The lowest BCUT2D eigenvalue weighted by Gasteiger charge is -2.31. The SMILES string of the molecule is O=C(NCCCN1C(=O)CCC1=O)C1CCN(C(=O)c2cccc3ccccc23)CC1. The molecule has 2 aromatic carbocycles. The Morgan fingerprint density at radius 3 is 2.35 bits per heavy atom. The third kappa shape index (κ3) is 4.60. The van der Waals surface area contributed by atoms with Gasteiger partial charge in [0.2, 0.25) is 17.7 Å². The summed E-state index contributed by atoms with van der Waals surface area (Å²) in [6, 6.07) is 13.6. The molecule has 7 heteroatoms. The molecule has 7 nitrogen and oxygen atoms in total. The maximum atomic E-state index is 13.0. The topological polar surface area (TPSA) is 86.8 Å². The highest BCUT2D eigenvalue weighted by Gasteiger charge is 2.29. The Labute approximate surface area is 181 Å². The summed E-state index contributed by atoms with van der Waals surface area (Å²) >= 11 is 0. The van der Waals surface area contributed by atoms with Crippen molar-refractivity contribution in [2.24, 2.45) is 5.92 Å². The fourth-order valence-electron chi connectivity index (χ4n) is 4.39. The van der Waals surface area contributed by atoms with Crippen molar-refractivity contribution in [3.63, 3.8) is 0 Å². The summed E-state index contributed by atoms with van der Waals surface area (Å²) < 4.78 is 0. The van der Waals surface area contributed by atoms with E-state index in [1.54, 1.807) is 0 Å². The molecular formula is C24H27N3O4. The fraction of sp³-hybridized carbons (Fsp3) is 0.417. The fourth-order valence-corrected chi connectivity index (χ4v) is 4.39. The highest BCUT2D eigenvalue weighted by atomic mass is 16.2. The largest absolute Gasteiger partial charge is 0.356 e. The van der Waals surface area contributed by atoms with Gasteiger partial charge in [-0.25, -0.2) is 0 Å². The van der Waals surface area contributed by atoms with Gasteiger partial charge in [-0.2, -0.15) is 0 Å². The van der Waals surface area contributed by atoms with Crippen molar-refractivity contribution < 1.29 is 19.2 Å². The van der Waals surface area contributed by atoms with E-state index in [0.717, 1.165) is 10.8 Å². The summed E-state index contributed by atoms with van der Waals surface area (Å²) in [6.45, 7) is 1.90. The standard InChI is InChI=1S/C24H27N3O4/c28-21-9-10-22(29)27(21)14-4-13-25-23(30)18-11-15-26(16-12-18)24(31)20-8-3-6-17-5-1-2-7-19(17)20/h1-3,5-8,18H,4,9-16H2,(H,25,30). The Kier molecular flexibility index (Phi) is 6.30. The number of carbonyl (C=O) groups excluding carboxylic acids is 4. The zero-order valence-corrected chi connectivity index (χ0v) is 17.5. The Balaban J connectivity index is 1.24. The zero-order valence-electron chi connectivity index (χ0n) is 17.5. The number of hydrogen-bond acceptors (Lipinski definition) is 4. The smallest absolute Gasteiger partial charge is 0.254 e. The number of nitrogens with zero attached hydrogens (tertiary/aromatic N) is 2. The second-order valence-electron chi connectivity index (χ2n) is 8.18. The minimum atomic E-state index is -0.125. The maximum absolute atomic E-state index is 13.0. The first-order chi connectivity index (χ1) is 15.0. The van der Waals surface area contributed by atoms with Gasteiger partial charge < -0.3 is 10.2 Å². The zero-order chi connectivity index (χ0) is 21.8. The predicted molar refractivity (Wildman–Crippen MR) is 116 cm³/mol. The van der Waals surface area contributed by atoms with Gasteiger partial charge in [0.1, 0.15) is 0 Å². The van der Waals surface area contributed by atoms with Gasteiger partial charge in [0.05, 0.1) is 0 Å². The van der Waals surface area contributed by atoms with E-state index in [1.807, 2.05) is 47.4 Å². The third-order valence-electron chi connectivity index (χ3n) is 6.19. The average molecular weight is 421 g/mol. The molecule has 0 radical (unpaired) electrons. The predicted octanol–water partition coefficient (Wildman–Crippen LogP) is 2.35. The van der Waals surface area contributed by atoms with Crippen molar-refractivity contribution in [2.45, 2.75) is 32.1 Å². The molecule has 0 unspecified atom stereocenters. The van der Waals surface area contributed by atoms with E-state index in [0.29, 0.717) is 63.8 Å². The molecule has 1 N–H and O–H groups in total. The Morgan fingerprint density at radius 1 is 0.935 bits per heavy atom. The summed E-state index contributed by atoms with van der Waals surface area (Å²) in [5.41, 5.74) is 0.701. The summed E-state index contributed by atoms with van der Waals surface area (Å²) in [6.07, 6.45) is 2.40. The van der Waals surface area contributed by atoms with Crippen LogP contribution in [0.3, 0.4) is 0 Å². The van der Waals surface area contributed by atoms with E-state index < -0.39 is 0 Å². The Hall–Kier alpha value is -3.22. The molecule has 0 aliphatic carbocycles. The lowest BCUT2D eigenvalue weighted by molar-refractivity contribution is -0.138. The minimum Gasteiger partial charge on any atom is -0.356 e. The number of benzene rings is 2. The van der Waals surface area contributed by atoms with Crippen LogP contribution in [0, 0.1) is 5.92 Å². The lowest BCUT2D eigenvalue weighted by atomic mass is 9.94. The van der Waals surface area contributed by atoms with Gasteiger partial charge in [-0.1, -0.05) is 36.4 Å². The summed E-state index contributed by atoms with van der Waals surface area (Å²) in [4.78, 5) is 51.9. The van der Waals surface area contributed by atoms with Crippen molar-refractivity contribution in [3.05, 3.63) is 48.0 Å². The molecule has 0 saturated carbocycles. The van der Waals surface area contributed by atoms with Crippen molar-refractivity contribution in [1.29, 1.82) is 0 Å². The number of carbonyl (C=O) groups is 4. The van der Waals surface area contributed by atoms with E-state index in [2.05, 4.69) is 5.32 Å². The van der Waals surface area contributed by atoms with E-state index in [4.69, 9.17) is 0 Å². The van der Waals surface area contributed by atoms with Crippen LogP contribution in [0.2, 0.25) is 0 Å². The highest BCUT2D eigenvalue weighted by molar-refractivity contribution is 6.07. The first-order valence-corrected chi connectivity index (χ1v) is 10.9. The normalized spacial score (nSPS) is 17.4. The number of fused-ring (bicyclic) bond motifs is 1. The van der Waals surface area contributed by atoms with Crippen molar-refractivity contribution in [3.8, 4) is 0 Å². The second-order valence-corrected chi connectivity index (χ2v) is 8.18. The highest BCUT2D eigenvalue weighted by Crippen LogP contribution is 2.23. The van der Waals surface area contributed by atoms with E-state index in [-0.39, 0.29) is 29.5 Å². The lowest BCUT2D eigenvalue weighted by Crippen LogP contribution is -2.43. The van der Waals surface area contributed by atoms with Crippen molar-refractivity contribution >= 4 is 34.4 Å². The first kappa shape index (κ1) is 21.0. The van der Waals surface area contributed by atoms with Gasteiger partial charge >= 0.3 is 0 Å². The molecule has 4 rings (SSSR count). The molecule has 162 valence electrons. The monoisotopic (exact) mass is 421 g/mol. The molecule has 2 aliphatic heterocycles. The third-order valence-corrected chi connectivity index (χ3v) is 6.19. The molecule has 2 heterocycles. The van der Waals surface area contributed by atoms with Gasteiger partial charge in [0, 0.05) is 50.5 Å². The molecule has 2 aliphatic rings. The van der Waals surface area contributed by atoms with Crippen LogP contribution in [0.4, 0.5) is 0 Å². The van der Waals surface area contributed by atoms with Crippen LogP contribution < -0.4 is 5.32 Å². The summed E-state index contributed by atoms with van der Waals surface area (Å²) in [5.74, 6) is -0.377. The molecular weight excluding hydrogens is 394 g/mol. The molecule has 2 fully saturated rings. The molecule has 0 bridgehead atoms. The molecule has 0 aromatic heterocycles. The van der Waals surface area contributed by atoms with Crippen LogP contribution in [0.1, 0.15) is 42.5 Å². The van der Waals surface area contributed by atoms with Gasteiger partial charge in [-0.05, 0) is 36.1 Å². The quantitative estimate of drug-likeness (QED) is 0.573. The molecule has 2 saturated heterocycles. The van der Waals surface area contributed by atoms with Crippen LogP contribution in [0.5, 0.6) is 0 Å². The second kappa shape index (κ2) is 9.29. The van der Waals surface area contributed by atoms with Crippen LogP contribution in [-0.4, -0.2) is 59.6 Å². The number of piperidine rings is 1. The maximum Gasteiger partial charge on any atom is 0.254 e. The molecule has 2 aromatic rings. The van der Waals surface area contributed by atoms with Gasteiger partial charge in [0.25, 0.3) is 5.91 Å². The Morgan fingerprint density at radius 2 is 1.61 bits per heavy atom. The van der Waals surface area contributed by atoms with Crippen LogP contribution >= 0.6 is 0 Å². The number of rotatable bonds is 6. The number of hydrogen-bond donors (Lipinski definition) is 1. The Bertz CT molecular complexity index is 990. The van der Waals surface area contributed by atoms with Crippen LogP contribution in [-0.2, 0) is 14.4 Å². The number of amides is 4. The van der Waals surface area contributed by atoms with E-state index in [9.17, 15) is 19.2 Å².